The average molecular weight is 330 g/mol. The summed E-state index contributed by atoms with van der Waals surface area (Å²) in [7, 11) is 0. The van der Waals surface area contributed by atoms with Crippen LogP contribution in [-0.2, 0) is 19.1 Å². The number of nitrogens with one attached hydrogen (secondary N) is 2. The first-order valence-electron chi connectivity index (χ1n) is 7.76. The van der Waals surface area contributed by atoms with E-state index in [1.54, 1.807) is 6.92 Å². The summed E-state index contributed by atoms with van der Waals surface area (Å²) in [6.07, 6.45) is -0.452. The maximum absolute atomic E-state index is 12.3. The van der Waals surface area contributed by atoms with Crippen LogP contribution in [0.1, 0.15) is 31.2 Å². The van der Waals surface area contributed by atoms with Crippen LogP contribution in [0.5, 0.6) is 0 Å². The molecule has 0 aromatic heterocycles. The van der Waals surface area contributed by atoms with E-state index in [4.69, 9.17) is 4.74 Å². The van der Waals surface area contributed by atoms with Crippen LogP contribution < -0.4 is 10.9 Å². The van der Waals surface area contributed by atoms with Gasteiger partial charge in [-0.05, 0) is 12.5 Å². The average Bonchev–Trinajstić information content (AvgIpc) is 2.98. The molecule has 8 nitrogen and oxygen atoms in total. The molecule has 0 bridgehead atoms. The number of hydrogen-bond acceptors (Lipinski definition) is 6. The third-order valence-corrected chi connectivity index (χ3v) is 3.95. The number of amides is 2. The maximum Gasteiger partial charge on any atom is 0.355 e. The van der Waals surface area contributed by atoms with Crippen LogP contribution in [-0.4, -0.2) is 41.3 Å². The topological polar surface area (TPSA) is 100 Å². The molecule has 1 fully saturated rings. The first-order valence-corrected chi connectivity index (χ1v) is 7.76. The third-order valence-electron chi connectivity index (χ3n) is 3.95. The minimum absolute atomic E-state index is 0.0763. The summed E-state index contributed by atoms with van der Waals surface area (Å²) in [4.78, 5) is 35.9. The minimum atomic E-state index is -0.593. The second-order valence-corrected chi connectivity index (χ2v) is 5.54. The van der Waals surface area contributed by atoms with Crippen molar-refractivity contribution >= 4 is 23.5 Å². The van der Waals surface area contributed by atoms with Crippen molar-refractivity contribution in [3.8, 4) is 0 Å². The number of carbonyl (C=O) groups is 3. The number of hydrogen-bond donors (Lipinski definition) is 2. The number of hydrazone groups is 1. The van der Waals surface area contributed by atoms with Gasteiger partial charge >= 0.3 is 5.97 Å². The molecule has 1 aromatic rings. The van der Waals surface area contributed by atoms with Crippen molar-refractivity contribution < 1.29 is 19.1 Å². The predicted molar refractivity (Wildman–Crippen MR) is 84.4 cm³/mol. The molecule has 2 unspecified atom stereocenters. The molecule has 126 valence electrons. The fourth-order valence-electron chi connectivity index (χ4n) is 2.84. The summed E-state index contributed by atoms with van der Waals surface area (Å²) in [6.45, 7) is 1.91. The molecule has 1 saturated heterocycles. The molecular formula is C16H18N4O4. The number of rotatable bonds is 4. The van der Waals surface area contributed by atoms with Crippen LogP contribution in [0.25, 0.3) is 0 Å². The zero-order valence-electron chi connectivity index (χ0n) is 13.2. The molecular weight excluding hydrogens is 312 g/mol. The number of nitrogens with zero attached hydrogens (tertiary/aromatic N) is 2. The monoisotopic (exact) mass is 330 g/mol. The van der Waals surface area contributed by atoms with Crippen LogP contribution in [0.2, 0.25) is 0 Å². The van der Waals surface area contributed by atoms with Crippen molar-refractivity contribution in [3.05, 3.63) is 35.9 Å². The van der Waals surface area contributed by atoms with Gasteiger partial charge in [-0.25, -0.2) is 15.2 Å². The first-order chi connectivity index (χ1) is 11.6. The van der Waals surface area contributed by atoms with Gasteiger partial charge in [-0.1, -0.05) is 30.3 Å². The molecule has 2 heterocycles. The Balaban J connectivity index is 1.86. The van der Waals surface area contributed by atoms with Crippen molar-refractivity contribution in [2.75, 3.05) is 6.61 Å². The van der Waals surface area contributed by atoms with E-state index in [1.165, 1.54) is 5.01 Å². The summed E-state index contributed by atoms with van der Waals surface area (Å²) in [5.41, 5.74) is 6.35. The lowest BCUT2D eigenvalue weighted by molar-refractivity contribution is -0.137. The van der Waals surface area contributed by atoms with Crippen molar-refractivity contribution in [1.29, 1.82) is 0 Å². The lowest BCUT2D eigenvalue weighted by Gasteiger charge is -2.36. The van der Waals surface area contributed by atoms with Gasteiger partial charge in [0.25, 0.3) is 5.91 Å². The Morgan fingerprint density at radius 2 is 2.08 bits per heavy atom. The van der Waals surface area contributed by atoms with Gasteiger partial charge in [0, 0.05) is 12.3 Å². The molecule has 3 rings (SSSR count). The van der Waals surface area contributed by atoms with Crippen LogP contribution >= 0.6 is 0 Å². The molecule has 2 aliphatic heterocycles. The Labute approximate surface area is 138 Å². The lowest BCUT2D eigenvalue weighted by Crippen LogP contribution is -2.59. The SMILES string of the molecule is CCOC(=O)C1=NN(C2NNC(=O)CC2c2ccccc2)C(=O)C1. The van der Waals surface area contributed by atoms with Gasteiger partial charge < -0.3 is 4.74 Å². The van der Waals surface area contributed by atoms with E-state index in [0.29, 0.717) is 0 Å². The van der Waals surface area contributed by atoms with Gasteiger partial charge in [0.15, 0.2) is 5.71 Å². The highest BCUT2D eigenvalue weighted by Crippen LogP contribution is 2.29. The second kappa shape index (κ2) is 6.79. The van der Waals surface area contributed by atoms with Crippen molar-refractivity contribution in [1.82, 2.24) is 15.9 Å². The zero-order chi connectivity index (χ0) is 17.1. The minimum Gasteiger partial charge on any atom is -0.461 e. The van der Waals surface area contributed by atoms with Crippen LogP contribution in [0.3, 0.4) is 0 Å². The Morgan fingerprint density at radius 1 is 1.33 bits per heavy atom. The van der Waals surface area contributed by atoms with Gasteiger partial charge in [0.05, 0.1) is 13.0 Å². The molecule has 0 spiro atoms. The largest absolute Gasteiger partial charge is 0.461 e. The molecule has 2 amide bonds. The Morgan fingerprint density at radius 3 is 2.79 bits per heavy atom. The van der Waals surface area contributed by atoms with E-state index >= 15 is 0 Å². The smallest absolute Gasteiger partial charge is 0.355 e. The van der Waals surface area contributed by atoms with Crippen LogP contribution in [0.4, 0.5) is 0 Å². The van der Waals surface area contributed by atoms with Gasteiger partial charge in [-0.2, -0.15) is 5.10 Å². The van der Waals surface area contributed by atoms with E-state index in [1.807, 2.05) is 30.3 Å². The Kier molecular flexibility index (Phi) is 4.57. The number of ether oxygens (including phenoxy) is 1. The van der Waals surface area contributed by atoms with Gasteiger partial charge in [-0.15, -0.1) is 0 Å². The molecule has 0 radical (unpaired) electrons. The summed E-state index contributed by atoms with van der Waals surface area (Å²) in [5.74, 6) is -1.34. The Hall–Kier alpha value is -2.74. The summed E-state index contributed by atoms with van der Waals surface area (Å²) < 4.78 is 4.90. The third kappa shape index (κ3) is 3.13. The molecule has 8 heteroatoms. The number of benzene rings is 1. The maximum atomic E-state index is 12.3. The standard InChI is InChI=1S/C16H18N4O4/c1-2-24-16(23)12-9-14(22)20(19-12)15-11(8-13(21)17-18-15)10-6-4-3-5-7-10/h3-7,11,15,18H,2,8-9H2,1H3,(H,17,21). The van der Waals surface area contributed by atoms with E-state index in [0.717, 1.165) is 5.56 Å². The van der Waals surface area contributed by atoms with Gasteiger partial charge in [-0.3, -0.25) is 15.0 Å². The fourth-order valence-corrected chi connectivity index (χ4v) is 2.84. The van der Waals surface area contributed by atoms with Crippen molar-refractivity contribution in [2.45, 2.75) is 31.8 Å². The molecule has 24 heavy (non-hydrogen) atoms. The zero-order valence-corrected chi connectivity index (χ0v) is 13.2. The highest BCUT2D eigenvalue weighted by Gasteiger charge is 2.41. The van der Waals surface area contributed by atoms with Gasteiger partial charge in [0.1, 0.15) is 6.17 Å². The number of hydrazine groups is 1. The molecule has 2 atom stereocenters. The normalized spacial score (nSPS) is 23.7. The number of carbonyl (C=O) groups excluding carboxylic acids is 3. The van der Waals surface area contributed by atoms with E-state index in [2.05, 4.69) is 16.0 Å². The molecule has 1 aromatic carbocycles. The highest BCUT2D eigenvalue weighted by molar-refractivity contribution is 6.41. The molecule has 2 N–H and O–H groups in total. The van der Waals surface area contributed by atoms with Crippen LogP contribution in [0, 0.1) is 0 Å². The molecule has 0 aliphatic carbocycles. The van der Waals surface area contributed by atoms with E-state index in [-0.39, 0.29) is 42.9 Å². The first kappa shape index (κ1) is 16.1. The quantitative estimate of drug-likeness (QED) is 0.772. The fraction of sp³-hybridized carbons (Fsp3) is 0.375. The van der Waals surface area contributed by atoms with Crippen molar-refractivity contribution in [3.63, 3.8) is 0 Å². The van der Waals surface area contributed by atoms with Crippen molar-refractivity contribution in [2.24, 2.45) is 5.10 Å². The van der Waals surface area contributed by atoms with E-state index < -0.39 is 12.1 Å². The van der Waals surface area contributed by atoms with Gasteiger partial charge in [0.2, 0.25) is 5.91 Å². The number of esters is 1. The summed E-state index contributed by atoms with van der Waals surface area (Å²) >= 11 is 0. The summed E-state index contributed by atoms with van der Waals surface area (Å²) in [5, 5.41) is 5.35. The second-order valence-electron chi connectivity index (χ2n) is 5.54. The summed E-state index contributed by atoms with van der Waals surface area (Å²) in [6, 6.07) is 9.42. The Bertz CT molecular complexity index is 689. The van der Waals surface area contributed by atoms with Crippen LogP contribution in [0.15, 0.2) is 35.4 Å². The highest BCUT2D eigenvalue weighted by atomic mass is 16.5. The lowest BCUT2D eigenvalue weighted by atomic mass is 9.91. The van der Waals surface area contributed by atoms with E-state index in [9.17, 15) is 14.4 Å². The molecule has 0 saturated carbocycles. The molecule has 2 aliphatic rings. The predicted octanol–water partition coefficient (Wildman–Crippen LogP) is 0.272.